The number of carbonyl (C=O) groups is 1. The van der Waals surface area contributed by atoms with Crippen LogP contribution in [0.25, 0.3) is 0 Å². The first-order chi connectivity index (χ1) is 9.49. The molecule has 1 fully saturated rings. The van der Waals surface area contributed by atoms with Crippen LogP contribution in [-0.4, -0.2) is 22.8 Å². The van der Waals surface area contributed by atoms with E-state index < -0.39 is 0 Å². The molecule has 1 saturated carbocycles. The molecule has 1 atom stereocenters. The highest BCUT2D eigenvalue weighted by Gasteiger charge is 2.23. The fourth-order valence-corrected chi connectivity index (χ4v) is 4.04. The van der Waals surface area contributed by atoms with Crippen LogP contribution in [0.15, 0.2) is 0 Å². The van der Waals surface area contributed by atoms with Crippen molar-refractivity contribution in [3.63, 3.8) is 0 Å². The predicted octanol–water partition coefficient (Wildman–Crippen LogP) is 4.25. The summed E-state index contributed by atoms with van der Waals surface area (Å²) in [7, 11) is 1.91. The van der Waals surface area contributed by atoms with E-state index in [9.17, 15) is 4.79 Å². The van der Waals surface area contributed by atoms with Crippen molar-refractivity contribution >= 4 is 17.2 Å². The summed E-state index contributed by atoms with van der Waals surface area (Å²) in [5.74, 6) is 1.04. The number of hydrogen-bond donors (Lipinski definition) is 0. The van der Waals surface area contributed by atoms with Gasteiger partial charge in [-0.15, -0.1) is 11.3 Å². The van der Waals surface area contributed by atoms with Gasteiger partial charge in [0.2, 0.25) is 5.91 Å². The van der Waals surface area contributed by atoms with Crippen molar-refractivity contribution in [2.24, 2.45) is 5.92 Å². The molecule has 0 radical (unpaired) electrons. The SMILES string of the molecule is Cc1nc(C(C)N(C)C(=O)CCC2CCCC2)c(C)s1. The van der Waals surface area contributed by atoms with Gasteiger partial charge >= 0.3 is 0 Å². The molecule has 2 rings (SSSR count). The van der Waals surface area contributed by atoms with Gasteiger partial charge in [0, 0.05) is 18.3 Å². The molecule has 0 aromatic carbocycles. The molecule has 1 unspecified atom stereocenters. The van der Waals surface area contributed by atoms with Gasteiger partial charge in [0.25, 0.3) is 0 Å². The Kier molecular flexibility index (Phi) is 5.19. The molecule has 1 heterocycles. The van der Waals surface area contributed by atoms with Crippen LogP contribution in [0, 0.1) is 19.8 Å². The molecule has 3 nitrogen and oxygen atoms in total. The third-order valence-electron chi connectivity index (χ3n) is 4.55. The second kappa shape index (κ2) is 6.70. The van der Waals surface area contributed by atoms with Gasteiger partial charge in [-0.25, -0.2) is 4.98 Å². The van der Waals surface area contributed by atoms with E-state index in [2.05, 4.69) is 18.8 Å². The lowest BCUT2D eigenvalue weighted by molar-refractivity contribution is -0.132. The molecule has 0 bridgehead atoms. The Bertz CT molecular complexity index is 463. The van der Waals surface area contributed by atoms with Crippen molar-refractivity contribution in [2.75, 3.05) is 7.05 Å². The summed E-state index contributed by atoms with van der Waals surface area (Å²) in [5, 5.41) is 1.08. The summed E-state index contributed by atoms with van der Waals surface area (Å²) in [4.78, 5) is 20.0. The van der Waals surface area contributed by atoms with E-state index in [4.69, 9.17) is 0 Å². The Balaban J connectivity index is 1.90. The van der Waals surface area contributed by atoms with E-state index >= 15 is 0 Å². The van der Waals surface area contributed by atoms with Gasteiger partial charge in [-0.05, 0) is 33.1 Å². The van der Waals surface area contributed by atoms with Crippen LogP contribution in [-0.2, 0) is 4.79 Å². The van der Waals surface area contributed by atoms with Crippen molar-refractivity contribution in [1.29, 1.82) is 0 Å². The highest BCUT2D eigenvalue weighted by molar-refractivity contribution is 7.11. The van der Waals surface area contributed by atoms with Gasteiger partial charge < -0.3 is 4.90 Å². The number of rotatable bonds is 5. The average molecular weight is 294 g/mol. The molecule has 0 saturated heterocycles. The number of aryl methyl sites for hydroxylation is 2. The second-order valence-electron chi connectivity index (χ2n) is 6.04. The zero-order valence-corrected chi connectivity index (χ0v) is 13.9. The van der Waals surface area contributed by atoms with E-state index in [1.807, 2.05) is 18.9 Å². The largest absolute Gasteiger partial charge is 0.337 e. The van der Waals surface area contributed by atoms with Crippen LogP contribution in [0.1, 0.15) is 67.1 Å². The molecule has 112 valence electrons. The number of hydrogen-bond acceptors (Lipinski definition) is 3. The van der Waals surface area contributed by atoms with E-state index in [0.29, 0.717) is 6.42 Å². The smallest absolute Gasteiger partial charge is 0.222 e. The number of amides is 1. The molecule has 0 aliphatic heterocycles. The first-order valence-electron chi connectivity index (χ1n) is 7.68. The van der Waals surface area contributed by atoms with Crippen molar-refractivity contribution in [3.8, 4) is 0 Å². The molecule has 4 heteroatoms. The van der Waals surface area contributed by atoms with Gasteiger partial charge in [-0.3, -0.25) is 4.79 Å². The Morgan fingerprint density at radius 2 is 2.05 bits per heavy atom. The Morgan fingerprint density at radius 1 is 1.40 bits per heavy atom. The van der Waals surface area contributed by atoms with Crippen LogP contribution in [0.4, 0.5) is 0 Å². The van der Waals surface area contributed by atoms with Crippen LogP contribution < -0.4 is 0 Å². The van der Waals surface area contributed by atoms with Gasteiger partial charge in [0.15, 0.2) is 0 Å². The number of nitrogens with zero attached hydrogens (tertiary/aromatic N) is 2. The first kappa shape index (κ1) is 15.5. The molecule has 1 aliphatic rings. The molecule has 1 amide bonds. The topological polar surface area (TPSA) is 33.2 Å². The fourth-order valence-electron chi connectivity index (χ4n) is 3.14. The summed E-state index contributed by atoms with van der Waals surface area (Å²) in [5.41, 5.74) is 1.06. The zero-order valence-electron chi connectivity index (χ0n) is 13.1. The summed E-state index contributed by atoms with van der Waals surface area (Å²) in [6, 6.07) is 0.0797. The predicted molar refractivity (Wildman–Crippen MR) is 84.0 cm³/mol. The molecule has 1 aliphatic carbocycles. The third-order valence-corrected chi connectivity index (χ3v) is 5.45. The fraction of sp³-hybridized carbons (Fsp3) is 0.750. The van der Waals surface area contributed by atoms with Crippen LogP contribution >= 0.6 is 11.3 Å². The van der Waals surface area contributed by atoms with Gasteiger partial charge in [-0.2, -0.15) is 0 Å². The Hall–Kier alpha value is -0.900. The van der Waals surface area contributed by atoms with Crippen molar-refractivity contribution in [3.05, 3.63) is 15.6 Å². The van der Waals surface area contributed by atoms with Gasteiger partial charge in [0.05, 0.1) is 16.7 Å². The third kappa shape index (κ3) is 3.60. The summed E-state index contributed by atoms with van der Waals surface area (Å²) >= 11 is 1.71. The molecule has 20 heavy (non-hydrogen) atoms. The lowest BCUT2D eigenvalue weighted by atomic mass is 10.0. The van der Waals surface area contributed by atoms with Crippen molar-refractivity contribution < 1.29 is 4.79 Å². The molecular weight excluding hydrogens is 268 g/mol. The quantitative estimate of drug-likeness (QED) is 0.813. The molecule has 0 N–H and O–H groups in total. The van der Waals surface area contributed by atoms with Crippen LogP contribution in [0.3, 0.4) is 0 Å². The summed E-state index contributed by atoms with van der Waals surface area (Å²) in [6.07, 6.45) is 7.08. The molecule has 1 aromatic heterocycles. The van der Waals surface area contributed by atoms with Crippen molar-refractivity contribution in [1.82, 2.24) is 9.88 Å². The van der Waals surface area contributed by atoms with E-state index in [0.717, 1.165) is 23.0 Å². The van der Waals surface area contributed by atoms with Crippen LogP contribution in [0.2, 0.25) is 0 Å². The van der Waals surface area contributed by atoms with Gasteiger partial charge in [-0.1, -0.05) is 25.7 Å². The van der Waals surface area contributed by atoms with Gasteiger partial charge in [0.1, 0.15) is 0 Å². The standard InChI is InChI=1S/C16H26N2OS/c1-11(16-12(2)20-13(3)17-16)18(4)15(19)10-9-14-7-5-6-8-14/h11,14H,5-10H2,1-4H3. The molecule has 1 aromatic rings. The second-order valence-corrected chi connectivity index (χ2v) is 7.45. The minimum atomic E-state index is 0.0797. The van der Waals surface area contributed by atoms with Crippen molar-refractivity contribution in [2.45, 2.75) is 65.3 Å². The molecule has 0 spiro atoms. The lowest BCUT2D eigenvalue weighted by Gasteiger charge is -2.25. The number of thiazole rings is 1. The monoisotopic (exact) mass is 294 g/mol. The summed E-state index contributed by atoms with van der Waals surface area (Å²) in [6.45, 7) is 6.19. The Labute approximate surface area is 126 Å². The van der Waals surface area contributed by atoms with E-state index in [-0.39, 0.29) is 11.9 Å². The first-order valence-corrected chi connectivity index (χ1v) is 8.50. The maximum Gasteiger partial charge on any atom is 0.222 e. The highest BCUT2D eigenvalue weighted by Crippen LogP contribution is 2.30. The van der Waals surface area contributed by atoms with E-state index in [1.54, 1.807) is 11.3 Å². The van der Waals surface area contributed by atoms with E-state index in [1.165, 1.54) is 30.6 Å². The number of carbonyl (C=O) groups excluding carboxylic acids is 1. The zero-order chi connectivity index (χ0) is 14.7. The normalized spacial score (nSPS) is 17.4. The maximum atomic E-state index is 12.3. The minimum Gasteiger partial charge on any atom is -0.337 e. The maximum absolute atomic E-state index is 12.3. The summed E-state index contributed by atoms with van der Waals surface area (Å²) < 4.78 is 0. The van der Waals surface area contributed by atoms with Crippen LogP contribution in [0.5, 0.6) is 0 Å². The highest BCUT2D eigenvalue weighted by atomic mass is 32.1. The minimum absolute atomic E-state index is 0.0797. The number of aromatic nitrogens is 1. The lowest BCUT2D eigenvalue weighted by Crippen LogP contribution is -2.30. The average Bonchev–Trinajstić information content (AvgIpc) is 3.03. The molecular formula is C16H26N2OS. The Morgan fingerprint density at radius 3 is 2.60 bits per heavy atom.